The first-order valence-corrected chi connectivity index (χ1v) is 11.4. The lowest BCUT2D eigenvalue weighted by molar-refractivity contribution is -0.116. The van der Waals surface area contributed by atoms with Crippen LogP contribution in [0.3, 0.4) is 0 Å². The summed E-state index contributed by atoms with van der Waals surface area (Å²) in [6, 6.07) is 10.3. The Morgan fingerprint density at radius 1 is 1.10 bits per heavy atom. The number of hydrogen-bond acceptors (Lipinski definition) is 6. The second-order valence-electron chi connectivity index (χ2n) is 7.03. The van der Waals surface area contributed by atoms with E-state index in [-0.39, 0.29) is 4.90 Å². The molecule has 0 aliphatic carbocycles. The molecule has 9 heteroatoms. The van der Waals surface area contributed by atoms with E-state index in [1.807, 2.05) is 44.1 Å². The number of carbonyl (C=O) groups is 1. The van der Waals surface area contributed by atoms with Gasteiger partial charge in [0.1, 0.15) is 11.6 Å². The van der Waals surface area contributed by atoms with E-state index < -0.39 is 27.3 Å². The number of likely N-dealkylation sites (N-methyl/N-ethyl adjacent to an activating group) is 1. The highest BCUT2D eigenvalue weighted by atomic mass is 32.2. The molecule has 0 aliphatic rings. The highest BCUT2D eigenvalue weighted by molar-refractivity contribution is 7.92. The number of aromatic nitrogens is 1. The van der Waals surface area contributed by atoms with Crippen LogP contribution >= 0.6 is 11.3 Å². The third-order valence-corrected chi connectivity index (χ3v) is 6.98. The molecule has 0 bridgehead atoms. The summed E-state index contributed by atoms with van der Waals surface area (Å²) >= 11 is 1.35. The van der Waals surface area contributed by atoms with Gasteiger partial charge in [0, 0.05) is 13.1 Å². The average molecular weight is 436 g/mol. The van der Waals surface area contributed by atoms with Crippen molar-refractivity contribution in [2.45, 2.75) is 11.8 Å². The van der Waals surface area contributed by atoms with Crippen LogP contribution in [0.4, 0.5) is 9.52 Å². The zero-order chi connectivity index (χ0) is 21.2. The van der Waals surface area contributed by atoms with Gasteiger partial charge in [-0.3, -0.25) is 9.69 Å². The number of benzene rings is 2. The van der Waals surface area contributed by atoms with Crippen molar-refractivity contribution in [1.29, 1.82) is 0 Å². The summed E-state index contributed by atoms with van der Waals surface area (Å²) in [6.45, 7) is 2.84. The van der Waals surface area contributed by atoms with Gasteiger partial charge in [-0.1, -0.05) is 17.4 Å². The summed E-state index contributed by atoms with van der Waals surface area (Å²) in [5.74, 6) is -1.80. The van der Waals surface area contributed by atoms with E-state index in [4.69, 9.17) is 0 Å². The highest BCUT2D eigenvalue weighted by Gasteiger charge is 2.26. The summed E-state index contributed by atoms with van der Waals surface area (Å²) in [7, 11) is -0.150. The molecular weight excluding hydrogens is 413 g/mol. The Balaban J connectivity index is 1.90. The molecule has 0 aliphatic heterocycles. The van der Waals surface area contributed by atoms with E-state index in [1.54, 1.807) is 0 Å². The van der Waals surface area contributed by atoms with Gasteiger partial charge < -0.3 is 4.90 Å². The minimum absolute atomic E-state index is 0.0836. The fourth-order valence-corrected chi connectivity index (χ4v) is 5.03. The Bertz CT molecular complexity index is 1130. The molecule has 0 atom stereocenters. The molecule has 6 nitrogen and oxygen atoms in total. The number of halogens is 1. The molecule has 0 fully saturated rings. The second kappa shape index (κ2) is 8.56. The number of hydrogen-bond donors (Lipinski definition) is 0. The molecule has 0 saturated heterocycles. The van der Waals surface area contributed by atoms with Crippen LogP contribution in [-0.2, 0) is 14.6 Å². The van der Waals surface area contributed by atoms with Gasteiger partial charge in [-0.05, 0) is 63.0 Å². The van der Waals surface area contributed by atoms with Crippen molar-refractivity contribution >= 4 is 42.4 Å². The normalized spacial score (nSPS) is 11.9. The summed E-state index contributed by atoms with van der Waals surface area (Å²) < 4.78 is 39.3. The zero-order valence-corrected chi connectivity index (χ0v) is 18.1. The molecule has 2 aromatic carbocycles. The number of sulfone groups is 1. The first kappa shape index (κ1) is 21.4. The van der Waals surface area contributed by atoms with Crippen molar-refractivity contribution in [3.8, 4) is 0 Å². The van der Waals surface area contributed by atoms with Crippen LogP contribution < -0.4 is 4.90 Å². The Morgan fingerprint density at radius 2 is 1.79 bits per heavy atom. The maximum absolute atomic E-state index is 13.1. The fourth-order valence-electron chi connectivity index (χ4n) is 2.73. The molecule has 0 N–H and O–H groups in total. The van der Waals surface area contributed by atoms with Crippen LogP contribution in [0.25, 0.3) is 10.2 Å². The van der Waals surface area contributed by atoms with Crippen molar-refractivity contribution in [3.05, 3.63) is 53.8 Å². The van der Waals surface area contributed by atoms with Gasteiger partial charge in [-0.2, -0.15) is 0 Å². The molecule has 1 amide bonds. The summed E-state index contributed by atoms with van der Waals surface area (Å²) in [5.41, 5.74) is 1.84. The molecule has 0 unspecified atom stereocenters. The smallest absolute Gasteiger partial charge is 0.244 e. The molecule has 154 valence electrons. The molecule has 1 aromatic heterocycles. The number of amides is 1. The van der Waals surface area contributed by atoms with Crippen molar-refractivity contribution in [2.24, 2.45) is 0 Å². The maximum atomic E-state index is 13.1. The van der Waals surface area contributed by atoms with E-state index in [1.165, 1.54) is 28.4 Å². The monoisotopic (exact) mass is 435 g/mol. The van der Waals surface area contributed by atoms with Crippen LogP contribution in [0.2, 0.25) is 0 Å². The van der Waals surface area contributed by atoms with Crippen molar-refractivity contribution in [2.75, 3.05) is 37.8 Å². The molecule has 0 radical (unpaired) electrons. The van der Waals surface area contributed by atoms with E-state index in [0.29, 0.717) is 18.2 Å². The third-order valence-electron chi connectivity index (χ3n) is 4.32. The lowest BCUT2D eigenvalue weighted by Gasteiger charge is -2.22. The van der Waals surface area contributed by atoms with Crippen LogP contribution in [0, 0.1) is 12.7 Å². The van der Waals surface area contributed by atoms with Gasteiger partial charge >= 0.3 is 0 Å². The SMILES string of the molecule is Cc1ccc2nc(N(CCN(C)C)C(=O)CS(=O)(=O)c3ccc(F)cc3)sc2c1. The van der Waals surface area contributed by atoms with Crippen molar-refractivity contribution in [1.82, 2.24) is 9.88 Å². The standard InChI is InChI=1S/C20H22FN3O3S2/c1-14-4-9-17-18(12-14)28-20(22-17)24(11-10-23(2)3)19(25)13-29(26,27)16-7-5-15(21)6-8-16/h4-9,12H,10-11,13H2,1-3H3. The lowest BCUT2D eigenvalue weighted by Crippen LogP contribution is -2.40. The van der Waals surface area contributed by atoms with Gasteiger partial charge in [0.2, 0.25) is 5.91 Å². The Labute approximate surface area is 173 Å². The van der Waals surface area contributed by atoms with Crippen molar-refractivity contribution < 1.29 is 17.6 Å². The first-order chi connectivity index (χ1) is 13.7. The molecular formula is C20H22FN3O3S2. The van der Waals surface area contributed by atoms with Crippen LogP contribution in [0.5, 0.6) is 0 Å². The van der Waals surface area contributed by atoms with Crippen LogP contribution in [0.1, 0.15) is 5.56 Å². The number of aryl methyl sites for hydroxylation is 1. The van der Waals surface area contributed by atoms with E-state index in [9.17, 15) is 17.6 Å². The number of nitrogens with zero attached hydrogens (tertiary/aromatic N) is 3. The van der Waals surface area contributed by atoms with Gasteiger partial charge in [-0.15, -0.1) is 0 Å². The number of fused-ring (bicyclic) bond motifs is 1. The van der Waals surface area contributed by atoms with Gasteiger partial charge in [0.05, 0.1) is 15.1 Å². The van der Waals surface area contributed by atoms with Crippen LogP contribution in [-0.4, -0.2) is 57.1 Å². The predicted molar refractivity (Wildman–Crippen MR) is 114 cm³/mol. The molecule has 3 aromatic rings. The number of carbonyl (C=O) groups excluding carboxylic acids is 1. The predicted octanol–water partition coefficient (Wildman–Crippen LogP) is 3.11. The summed E-state index contributed by atoms with van der Waals surface area (Å²) in [4.78, 5) is 20.7. The largest absolute Gasteiger partial charge is 0.308 e. The third kappa shape index (κ3) is 5.17. The molecule has 29 heavy (non-hydrogen) atoms. The fraction of sp³-hybridized carbons (Fsp3) is 0.300. The molecule has 1 heterocycles. The van der Waals surface area contributed by atoms with Gasteiger partial charge in [-0.25, -0.2) is 17.8 Å². The number of thiazole rings is 1. The molecule has 3 rings (SSSR count). The van der Waals surface area contributed by atoms with Gasteiger partial charge in [0.25, 0.3) is 0 Å². The number of rotatable bonds is 7. The molecule has 0 saturated carbocycles. The maximum Gasteiger partial charge on any atom is 0.244 e. The Kier molecular flexibility index (Phi) is 6.30. The average Bonchev–Trinajstić information content (AvgIpc) is 3.04. The summed E-state index contributed by atoms with van der Waals surface area (Å²) in [5, 5.41) is 0.465. The summed E-state index contributed by atoms with van der Waals surface area (Å²) in [6.07, 6.45) is 0. The zero-order valence-electron chi connectivity index (χ0n) is 16.4. The molecule has 0 spiro atoms. The first-order valence-electron chi connectivity index (χ1n) is 8.96. The number of anilines is 1. The minimum Gasteiger partial charge on any atom is -0.308 e. The minimum atomic E-state index is -3.90. The second-order valence-corrected chi connectivity index (χ2v) is 10.0. The highest BCUT2D eigenvalue weighted by Crippen LogP contribution is 2.30. The Morgan fingerprint density at radius 3 is 2.45 bits per heavy atom. The van der Waals surface area contributed by atoms with E-state index in [0.717, 1.165) is 27.9 Å². The van der Waals surface area contributed by atoms with E-state index >= 15 is 0 Å². The topological polar surface area (TPSA) is 70.6 Å². The van der Waals surface area contributed by atoms with Gasteiger partial charge in [0.15, 0.2) is 15.0 Å². The van der Waals surface area contributed by atoms with Crippen LogP contribution in [0.15, 0.2) is 47.4 Å². The Hall–Kier alpha value is -2.36. The quantitative estimate of drug-likeness (QED) is 0.534. The van der Waals surface area contributed by atoms with E-state index in [2.05, 4.69) is 4.98 Å². The van der Waals surface area contributed by atoms with Crippen molar-refractivity contribution in [3.63, 3.8) is 0 Å². The lowest BCUT2D eigenvalue weighted by atomic mass is 10.2.